The zero-order chi connectivity index (χ0) is 14.2. The van der Waals surface area contributed by atoms with Crippen molar-refractivity contribution in [2.45, 2.75) is 44.6 Å². The summed E-state index contributed by atoms with van der Waals surface area (Å²) < 4.78 is 0. The maximum Gasteiger partial charge on any atom is 0.161 e. The topological polar surface area (TPSA) is 72.7 Å². The monoisotopic (exact) mass is 281 g/mol. The molecule has 106 valence electrons. The summed E-state index contributed by atoms with van der Waals surface area (Å²) in [4.78, 5) is 0. The maximum absolute atomic E-state index is 10.4. The number of rotatable bonds is 3. The van der Waals surface area contributed by atoms with Crippen molar-refractivity contribution in [3.63, 3.8) is 0 Å². The molecule has 0 aromatic heterocycles. The zero-order valence-corrected chi connectivity index (χ0v) is 12.8. The Morgan fingerprint density at radius 2 is 1.95 bits per heavy atom. The van der Waals surface area contributed by atoms with Crippen LogP contribution in [0.2, 0.25) is 19.6 Å². The highest BCUT2D eigenvalue weighted by atomic mass is 28.3. The normalized spacial score (nSPS) is 23.2. The van der Waals surface area contributed by atoms with E-state index < -0.39 is 14.2 Å². The Bertz CT molecular complexity index is 470. The first-order chi connectivity index (χ1) is 8.79. The van der Waals surface area contributed by atoms with Crippen molar-refractivity contribution in [3.8, 4) is 11.5 Å². The molecule has 0 saturated carbocycles. The average molecular weight is 281 g/mol. The number of aromatic hydroxyl groups is 2. The molecular formula is C14H23NO3Si. The van der Waals surface area contributed by atoms with Crippen LogP contribution in [0.15, 0.2) is 12.1 Å². The molecular weight excluding hydrogens is 258 g/mol. The minimum atomic E-state index is -1.19. The van der Waals surface area contributed by atoms with Gasteiger partial charge in [-0.25, -0.2) is 0 Å². The molecule has 2 atom stereocenters. The lowest BCUT2D eigenvalue weighted by Gasteiger charge is -2.33. The molecule has 5 heteroatoms. The van der Waals surface area contributed by atoms with Crippen molar-refractivity contribution in [2.75, 3.05) is 6.17 Å². The molecule has 4 nitrogen and oxygen atoms in total. The summed E-state index contributed by atoms with van der Waals surface area (Å²) >= 11 is 0. The van der Waals surface area contributed by atoms with Gasteiger partial charge in [0.25, 0.3) is 0 Å². The van der Waals surface area contributed by atoms with Gasteiger partial charge in [0.05, 0.1) is 14.2 Å². The van der Waals surface area contributed by atoms with E-state index in [0.29, 0.717) is 12.0 Å². The summed E-state index contributed by atoms with van der Waals surface area (Å²) in [6.45, 7) is 6.85. The lowest BCUT2D eigenvalue weighted by molar-refractivity contribution is 0.117. The number of hydrogen-bond donors (Lipinski definition) is 4. The second-order valence-corrected chi connectivity index (χ2v) is 12.0. The van der Waals surface area contributed by atoms with E-state index in [1.165, 1.54) is 6.07 Å². The predicted molar refractivity (Wildman–Crippen MR) is 78.2 cm³/mol. The quantitative estimate of drug-likeness (QED) is 0.504. The predicted octanol–water partition coefficient (Wildman–Crippen LogP) is 1.91. The van der Waals surface area contributed by atoms with E-state index in [2.05, 4.69) is 25.0 Å². The average Bonchev–Trinajstić information content (AvgIpc) is 2.32. The van der Waals surface area contributed by atoms with Crippen LogP contribution in [0.1, 0.15) is 23.7 Å². The van der Waals surface area contributed by atoms with Crippen LogP contribution in [0.3, 0.4) is 0 Å². The van der Waals surface area contributed by atoms with Gasteiger partial charge in [-0.1, -0.05) is 25.7 Å². The number of phenolic OH excluding ortho intramolecular Hbond substituents is 2. The third-order valence-corrected chi connectivity index (χ3v) is 4.86. The molecule has 0 amide bonds. The van der Waals surface area contributed by atoms with Crippen molar-refractivity contribution < 1.29 is 15.3 Å². The van der Waals surface area contributed by atoms with Crippen LogP contribution in [0, 0.1) is 0 Å². The van der Waals surface area contributed by atoms with Gasteiger partial charge in [-0.05, 0) is 30.6 Å². The summed E-state index contributed by atoms with van der Waals surface area (Å²) in [6.07, 6.45) is 1.80. The number of benzene rings is 1. The molecule has 1 aromatic carbocycles. The molecule has 0 fully saturated rings. The number of nitrogens with one attached hydrogen (secondary N) is 1. The Hall–Kier alpha value is -1.04. The fraction of sp³-hybridized carbons (Fsp3) is 0.571. The molecule has 0 unspecified atom stereocenters. The molecule has 0 saturated heterocycles. The first-order valence-corrected chi connectivity index (χ1v) is 10.5. The Kier molecular flexibility index (Phi) is 3.89. The van der Waals surface area contributed by atoms with Gasteiger partial charge in [0.15, 0.2) is 11.5 Å². The molecule has 4 N–H and O–H groups in total. The van der Waals surface area contributed by atoms with Gasteiger partial charge >= 0.3 is 0 Å². The molecule has 0 heterocycles. The summed E-state index contributed by atoms with van der Waals surface area (Å²) in [5, 5.41) is 33.2. The standard InChI is InChI=1S/C14H23NO3Si/c1-19(2,3)8-15-11-6-4-10-9(13(11)17)5-7-12(16)14(10)18/h5,7,11,13,15-18H,4,6,8H2,1-3H3/t11-,13-/m1/s1. The number of phenols is 2. The smallest absolute Gasteiger partial charge is 0.161 e. The Balaban J connectivity index is 2.16. The van der Waals surface area contributed by atoms with E-state index in [-0.39, 0.29) is 17.5 Å². The van der Waals surface area contributed by atoms with Crippen LogP contribution in [0.5, 0.6) is 11.5 Å². The number of fused-ring (bicyclic) bond motifs is 1. The molecule has 2 rings (SSSR count). The number of hydrogen-bond acceptors (Lipinski definition) is 4. The van der Waals surface area contributed by atoms with Crippen molar-refractivity contribution in [3.05, 3.63) is 23.3 Å². The first kappa shape index (κ1) is 14.4. The van der Waals surface area contributed by atoms with E-state index in [1.807, 2.05) is 0 Å². The lowest BCUT2D eigenvalue weighted by atomic mass is 9.85. The third kappa shape index (κ3) is 3.10. The van der Waals surface area contributed by atoms with Crippen LogP contribution in [0.25, 0.3) is 0 Å². The molecule has 0 bridgehead atoms. The highest BCUT2D eigenvalue weighted by Gasteiger charge is 2.31. The van der Waals surface area contributed by atoms with Gasteiger partial charge in [0, 0.05) is 11.6 Å². The summed E-state index contributed by atoms with van der Waals surface area (Å²) in [5.41, 5.74) is 1.41. The second-order valence-electron chi connectivity index (χ2n) is 6.53. The van der Waals surface area contributed by atoms with Crippen molar-refractivity contribution in [1.82, 2.24) is 5.32 Å². The molecule has 1 aliphatic rings. The van der Waals surface area contributed by atoms with Gasteiger partial charge in [-0.2, -0.15) is 0 Å². The minimum Gasteiger partial charge on any atom is -0.504 e. The Morgan fingerprint density at radius 3 is 2.58 bits per heavy atom. The second kappa shape index (κ2) is 5.15. The highest BCUT2D eigenvalue weighted by molar-refractivity contribution is 6.76. The molecule has 19 heavy (non-hydrogen) atoms. The lowest BCUT2D eigenvalue weighted by Crippen LogP contribution is -2.46. The van der Waals surface area contributed by atoms with E-state index in [0.717, 1.165) is 18.2 Å². The Labute approximate surface area is 115 Å². The molecule has 1 aliphatic carbocycles. The Morgan fingerprint density at radius 1 is 1.26 bits per heavy atom. The molecule has 0 spiro atoms. The van der Waals surface area contributed by atoms with Gasteiger partial charge in [0.2, 0.25) is 0 Å². The number of aliphatic hydroxyl groups excluding tert-OH is 1. The van der Waals surface area contributed by atoms with Crippen molar-refractivity contribution in [2.24, 2.45) is 0 Å². The van der Waals surface area contributed by atoms with Crippen LogP contribution in [-0.4, -0.2) is 35.6 Å². The molecule has 0 aliphatic heterocycles. The fourth-order valence-corrected chi connectivity index (χ4v) is 3.38. The highest BCUT2D eigenvalue weighted by Crippen LogP contribution is 2.39. The van der Waals surface area contributed by atoms with Gasteiger partial charge in [0.1, 0.15) is 0 Å². The van der Waals surface area contributed by atoms with Crippen LogP contribution < -0.4 is 5.32 Å². The van der Waals surface area contributed by atoms with Crippen LogP contribution >= 0.6 is 0 Å². The van der Waals surface area contributed by atoms with E-state index in [1.54, 1.807) is 6.07 Å². The largest absolute Gasteiger partial charge is 0.504 e. The fourth-order valence-electron chi connectivity index (χ4n) is 2.50. The van der Waals surface area contributed by atoms with Gasteiger partial charge in [-0.3, -0.25) is 0 Å². The van der Waals surface area contributed by atoms with Crippen molar-refractivity contribution in [1.29, 1.82) is 0 Å². The van der Waals surface area contributed by atoms with E-state index in [9.17, 15) is 15.3 Å². The third-order valence-electron chi connectivity index (χ3n) is 3.60. The summed E-state index contributed by atoms with van der Waals surface area (Å²) in [5.74, 6) is -0.195. The van der Waals surface area contributed by atoms with Gasteiger partial charge in [-0.15, -0.1) is 0 Å². The van der Waals surface area contributed by atoms with E-state index >= 15 is 0 Å². The first-order valence-electron chi connectivity index (χ1n) is 6.75. The van der Waals surface area contributed by atoms with Crippen LogP contribution in [-0.2, 0) is 6.42 Å². The van der Waals surface area contributed by atoms with Crippen molar-refractivity contribution >= 4 is 8.07 Å². The minimum absolute atomic E-state index is 0.0307. The SMILES string of the molecule is C[Si](C)(C)CN[C@@H]1CCc2c(ccc(O)c2O)[C@H]1O. The molecule has 0 radical (unpaired) electrons. The van der Waals surface area contributed by atoms with E-state index in [4.69, 9.17) is 0 Å². The van der Waals surface area contributed by atoms with Gasteiger partial charge < -0.3 is 20.6 Å². The van der Waals surface area contributed by atoms with Crippen LogP contribution in [0.4, 0.5) is 0 Å². The summed E-state index contributed by atoms with van der Waals surface area (Å²) in [7, 11) is -1.19. The molecule has 1 aromatic rings. The zero-order valence-electron chi connectivity index (χ0n) is 11.8. The maximum atomic E-state index is 10.4. The number of aliphatic hydroxyl groups is 1. The summed E-state index contributed by atoms with van der Waals surface area (Å²) in [6, 6.07) is 3.18.